The van der Waals surface area contributed by atoms with Crippen molar-refractivity contribution >= 4 is 12.2 Å². The van der Waals surface area contributed by atoms with Gasteiger partial charge in [0.2, 0.25) is 5.91 Å². The first kappa shape index (κ1) is 17.7. The quantitative estimate of drug-likeness (QED) is 0.726. The Kier molecular flexibility index (Phi) is 6.78. The largest absolute Gasteiger partial charge is 0.340 e. The lowest BCUT2D eigenvalue weighted by Crippen LogP contribution is -2.48. The Hall–Kier alpha value is -1.68. The fraction of sp³-hybridized carbons (Fsp3) is 0.579. The molecule has 0 aliphatic carbocycles. The molecule has 1 aromatic rings. The summed E-state index contributed by atoms with van der Waals surface area (Å²) in [5, 5.41) is 0. The molecule has 0 spiro atoms. The van der Waals surface area contributed by atoms with Crippen LogP contribution in [0.1, 0.15) is 43.4 Å². The second-order valence-corrected chi connectivity index (χ2v) is 6.17. The third kappa shape index (κ3) is 4.90. The van der Waals surface area contributed by atoms with Gasteiger partial charge in [-0.25, -0.2) is 0 Å². The zero-order chi connectivity index (χ0) is 16.7. The molecule has 0 N–H and O–H groups in total. The Bertz CT molecular complexity index is 534. The van der Waals surface area contributed by atoms with Crippen LogP contribution in [-0.2, 0) is 29.0 Å². The summed E-state index contributed by atoms with van der Waals surface area (Å²) in [4.78, 5) is 26.6. The number of benzene rings is 1. The van der Waals surface area contributed by atoms with Gasteiger partial charge in [0.15, 0.2) is 0 Å². The minimum Gasteiger partial charge on any atom is -0.340 e. The Labute approximate surface area is 139 Å². The Morgan fingerprint density at radius 1 is 1.09 bits per heavy atom. The van der Waals surface area contributed by atoms with Gasteiger partial charge in [-0.2, -0.15) is 0 Å². The molecule has 2 rings (SSSR count). The predicted molar refractivity (Wildman–Crippen MR) is 92.4 cm³/mol. The highest BCUT2D eigenvalue weighted by Gasteiger charge is 2.20. The lowest BCUT2D eigenvalue weighted by atomic mass is 10.00. The topological polar surface area (TPSA) is 40.6 Å². The van der Waals surface area contributed by atoms with Crippen LogP contribution in [0.4, 0.5) is 0 Å². The SMILES string of the molecule is CCc1ccc(CN2CCN(C(=O)CCC=O)CC2)cc1CC. The monoisotopic (exact) mass is 316 g/mol. The summed E-state index contributed by atoms with van der Waals surface area (Å²) in [6.45, 7) is 8.72. The summed E-state index contributed by atoms with van der Waals surface area (Å²) < 4.78 is 0. The van der Waals surface area contributed by atoms with Crippen molar-refractivity contribution in [1.29, 1.82) is 0 Å². The Morgan fingerprint density at radius 3 is 2.39 bits per heavy atom. The van der Waals surface area contributed by atoms with Crippen LogP contribution in [0.25, 0.3) is 0 Å². The van der Waals surface area contributed by atoms with Crippen LogP contribution in [0.2, 0.25) is 0 Å². The van der Waals surface area contributed by atoms with Crippen LogP contribution in [0.15, 0.2) is 18.2 Å². The highest BCUT2D eigenvalue weighted by atomic mass is 16.2. The van der Waals surface area contributed by atoms with E-state index < -0.39 is 0 Å². The molecule has 1 fully saturated rings. The van der Waals surface area contributed by atoms with Gasteiger partial charge < -0.3 is 9.69 Å². The predicted octanol–water partition coefficient (Wildman–Crippen LogP) is 2.43. The summed E-state index contributed by atoms with van der Waals surface area (Å²) in [6.07, 6.45) is 3.67. The van der Waals surface area contributed by atoms with Gasteiger partial charge in [-0.05, 0) is 29.5 Å². The molecule has 1 saturated heterocycles. The molecule has 1 amide bonds. The van der Waals surface area contributed by atoms with Gasteiger partial charge in [0, 0.05) is 45.6 Å². The second-order valence-electron chi connectivity index (χ2n) is 6.17. The van der Waals surface area contributed by atoms with Crippen molar-refractivity contribution in [2.45, 2.75) is 46.1 Å². The number of carbonyl (C=O) groups excluding carboxylic acids is 2. The molecule has 126 valence electrons. The van der Waals surface area contributed by atoms with Gasteiger partial charge in [0.05, 0.1) is 0 Å². The summed E-state index contributed by atoms with van der Waals surface area (Å²) in [5.41, 5.74) is 4.26. The molecule has 0 bridgehead atoms. The lowest BCUT2D eigenvalue weighted by molar-refractivity contribution is -0.133. The average molecular weight is 316 g/mol. The highest BCUT2D eigenvalue weighted by Crippen LogP contribution is 2.16. The van der Waals surface area contributed by atoms with E-state index in [1.54, 1.807) is 0 Å². The zero-order valence-corrected chi connectivity index (χ0v) is 14.4. The molecule has 1 aromatic carbocycles. The summed E-state index contributed by atoms with van der Waals surface area (Å²) >= 11 is 0. The molecule has 4 nitrogen and oxygen atoms in total. The fourth-order valence-electron chi connectivity index (χ4n) is 3.21. The molecule has 0 aromatic heterocycles. The number of aryl methyl sites for hydroxylation is 2. The number of rotatable bonds is 7. The van der Waals surface area contributed by atoms with E-state index in [0.717, 1.165) is 51.9 Å². The van der Waals surface area contributed by atoms with Crippen LogP contribution in [-0.4, -0.2) is 48.2 Å². The molecule has 1 heterocycles. The van der Waals surface area contributed by atoms with Crippen molar-refractivity contribution in [2.24, 2.45) is 0 Å². The van der Waals surface area contributed by atoms with Crippen LogP contribution >= 0.6 is 0 Å². The molecule has 23 heavy (non-hydrogen) atoms. The van der Waals surface area contributed by atoms with Crippen molar-refractivity contribution < 1.29 is 9.59 Å². The Balaban J connectivity index is 1.86. The van der Waals surface area contributed by atoms with Crippen LogP contribution < -0.4 is 0 Å². The molecule has 0 radical (unpaired) electrons. The number of nitrogens with zero attached hydrogens (tertiary/aromatic N) is 2. The fourth-order valence-corrected chi connectivity index (χ4v) is 3.21. The maximum Gasteiger partial charge on any atom is 0.223 e. The molecule has 0 unspecified atom stereocenters. The van der Waals surface area contributed by atoms with Crippen molar-refractivity contribution in [3.8, 4) is 0 Å². The number of aldehydes is 1. The van der Waals surface area contributed by atoms with Crippen molar-refractivity contribution in [1.82, 2.24) is 9.80 Å². The second kappa shape index (κ2) is 8.82. The van der Waals surface area contributed by atoms with Crippen LogP contribution in [0.5, 0.6) is 0 Å². The van der Waals surface area contributed by atoms with Gasteiger partial charge in [-0.15, -0.1) is 0 Å². The highest BCUT2D eigenvalue weighted by molar-refractivity contribution is 5.78. The molecule has 1 aliphatic heterocycles. The number of piperazine rings is 1. The van der Waals surface area contributed by atoms with Gasteiger partial charge in [-0.3, -0.25) is 9.69 Å². The Morgan fingerprint density at radius 2 is 1.78 bits per heavy atom. The van der Waals surface area contributed by atoms with Gasteiger partial charge >= 0.3 is 0 Å². The number of carbonyl (C=O) groups is 2. The third-order valence-electron chi connectivity index (χ3n) is 4.64. The van der Waals surface area contributed by atoms with E-state index in [0.29, 0.717) is 12.8 Å². The molecular weight excluding hydrogens is 288 g/mol. The first-order valence-corrected chi connectivity index (χ1v) is 8.72. The maximum atomic E-state index is 11.9. The van der Waals surface area contributed by atoms with E-state index in [9.17, 15) is 9.59 Å². The van der Waals surface area contributed by atoms with Crippen LogP contribution in [0, 0.1) is 0 Å². The van der Waals surface area contributed by atoms with Crippen molar-refractivity contribution in [2.75, 3.05) is 26.2 Å². The molecule has 0 saturated carbocycles. The number of hydrogen-bond donors (Lipinski definition) is 0. The first-order chi connectivity index (χ1) is 11.2. The van der Waals surface area contributed by atoms with E-state index in [1.807, 2.05) is 4.90 Å². The molecule has 4 heteroatoms. The van der Waals surface area contributed by atoms with E-state index >= 15 is 0 Å². The third-order valence-corrected chi connectivity index (χ3v) is 4.64. The normalized spacial score (nSPS) is 15.7. The van der Waals surface area contributed by atoms with E-state index in [-0.39, 0.29) is 5.91 Å². The number of hydrogen-bond acceptors (Lipinski definition) is 3. The average Bonchev–Trinajstić information content (AvgIpc) is 2.60. The van der Waals surface area contributed by atoms with E-state index in [2.05, 4.69) is 36.9 Å². The summed E-state index contributed by atoms with van der Waals surface area (Å²) in [7, 11) is 0. The minimum atomic E-state index is 0.109. The molecule has 0 atom stereocenters. The van der Waals surface area contributed by atoms with Gasteiger partial charge in [-0.1, -0.05) is 32.0 Å². The van der Waals surface area contributed by atoms with E-state index in [4.69, 9.17) is 0 Å². The zero-order valence-electron chi connectivity index (χ0n) is 14.4. The molecule has 1 aliphatic rings. The van der Waals surface area contributed by atoms with Gasteiger partial charge in [0.1, 0.15) is 6.29 Å². The standard InChI is InChI=1S/C19H28N2O2/c1-3-17-8-7-16(14-18(17)4-2)15-20-9-11-21(12-10-20)19(23)6-5-13-22/h7-8,13-14H,3-6,9-12,15H2,1-2H3. The van der Waals surface area contributed by atoms with Crippen molar-refractivity contribution in [3.05, 3.63) is 34.9 Å². The van der Waals surface area contributed by atoms with Gasteiger partial charge in [0.25, 0.3) is 0 Å². The molecular formula is C19H28N2O2. The lowest BCUT2D eigenvalue weighted by Gasteiger charge is -2.34. The maximum absolute atomic E-state index is 11.9. The van der Waals surface area contributed by atoms with Crippen molar-refractivity contribution in [3.63, 3.8) is 0 Å². The summed E-state index contributed by atoms with van der Waals surface area (Å²) in [5.74, 6) is 0.109. The van der Waals surface area contributed by atoms with E-state index in [1.165, 1.54) is 16.7 Å². The minimum absolute atomic E-state index is 0.109. The first-order valence-electron chi connectivity index (χ1n) is 8.72. The number of amides is 1. The summed E-state index contributed by atoms with van der Waals surface area (Å²) in [6, 6.07) is 6.83. The van der Waals surface area contributed by atoms with Crippen LogP contribution in [0.3, 0.4) is 0 Å². The smallest absolute Gasteiger partial charge is 0.223 e.